The molecule has 58 heavy (non-hydrogen) atoms. The van der Waals surface area contributed by atoms with Crippen LogP contribution in [0.1, 0.15) is 22.3 Å². The summed E-state index contributed by atoms with van der Waals surface area (Å²) in [6, 6.07) is 73.5. The van der Waals surface area contributed by atoms with Gasteiger partial charge in [0.05, 0.1) is 27.8 Å². The second-order valence-electron chi connectivity index (χ2n) is 15.2. The summed E-state index contributed by atoms with van der Waals surface area (Å²) in [6.45, 7) is 0. The lowest BCUT2D eigenvalue weighted by molar-refractivity contribution is 0.794. The van der Waals surface area contributed by atoms with Crippen LogP contribution in [0.25, 0.3) is 84.3 Å². The van der Waals surface area contributed by atoms with Crippen molar-refractivity contribution in [2.75, 3.05) is 0 Å². The summed E-state index contributed by atoms with van der Waals surface area (Å²) in [5.74, 6) is 1.57. The maximum atomic E-state index is 5.40. The van der Waals surface area contributed by atoms with Gasteiger partial charge in [0.1, 0.15) is 5.82 Å². The van der Waals surface area contributed by atoms with Gasteiger partial charge in [0.15, 0.2) is 5.82 Å². The van der Waals surface area contributed by atoms with Crippen LogP contribution in [0.4, 0.5) is 0 Å². The van der Waals surface area contributed by atoms with Gasteiger partial charge in [-0.1, -0.05) is 164 Å². The lowest BCUT2D eigenvalue weighted by Gasteiger charge is -2.30. The Morgan fingerprint density at radius 3 is 1.57 bits per heavy atom. The summed E-state index contributed by atoms with van der Waals surface area (Å²) in [5, 5.41) is 0. The average molecular weight is 739 g/mol. The minimum Gasteiger partial charge on any atom is -0.292 e. The van der Waals surface area contributed by atoms with Gasteiger partial charge in [0.2, 0.25) is 0 Å². The van der Waals surface area contributed by atoms with Gasteiger partial charge < -0.3 is 0 Å². The third kappa shape index (κ3) is 4.72. The molecule has 0 saturated carbocycles. The van der Waals surface area contributed by atoms with E-state index in [4.69, 9.17) is 15.0 Å². The molecule has 2 aromatic heterocycles. The minimum absolute atomic E-state index is 0.451. The van der Waals surface area contributed by atoms with Crippen molar-refractivity contribution < 1.29 is 0 Å². The van der Waals surface area contributed by atoms with Crippen molar-refractivity contribution in [3.8, 4) is 73.2 Å². The standard InChI is InChI=1S/C54H34N4/c1-3-16-35(17-4-1)49-34-50(36-18-15-19-38(32-36)53-57-48-28-13-14-29-51(48)58(53)39-20-5-2-6-21-39)56-52(55-49)37-30-31-43-42-24-9-12-27-46(42)54(47(43)33-37)44-25-10-7-22-40(44)41-23-8-11-26-45(41)54/h1-34H. The van der Waals surface area contributed by atoms with Gasteiger partial charge in [-0.05, 0) is 87.0 Å². The molecule has 0 atom stereocenters. The largest absolute Gasteiger partial charge is 0.292 e. The molecule has 0 radical (unpaired) electrons. The fraction of sp³-hybridized carbons (Fsp3) is 0.0185. The highest BCUT2D eigenvalue weighted by Crippen LogP contribution is 2.63. The Morgan fingerprint density at radius 2 is 0.879 bits per heavy atom. The van der Waals surface area contributed by atoms with Crippen molar-refractivity contribution in [2.24, 2.45) is 0 Å². The minimum atomic E-state index is -0.451. The lowest BCUT2D eigenvalue weighted by atomic mass is 9.70. The number of hydrogen-bond acceptors (Lipinski definition) is 3. The summed E-state index contributed by atoms with van der Waals surface area (Å²) >= 11 is 0. The Kier molecular flexibility index (Phi) is 7.11. The number of nitrogens with zero attached hydrogens (tertiary/aromatic N) is 4. The fourth-order valence-corrected chi connectivity index (χ4v) is 9.59. The predicted molar refractivity (Wildman–Crippen MR) is 235 cm³/mol. The van der Waals surface area contributed by atoms with Gasteiger partial charge in [-0.15, -0.1) is 0 Å². The van der Waals surface area contributed by atoms with Crippen molar-refractivity contribution in [1.29, 1.82) is 0 Å². The first kappa shape index (κ1) is 32.5. The molecule has 4 heteroatoms. The molecule has 12 rings (SSSR count). The third-order valence-electron chi connectivity index (χ3n) is 12.0. The zero-order valence-electron chi connectivity index (χ0n) is 31.4. The summed E-state index contributed by atoms with van der Waals surface area (Å²) in [7, 11) is 0. The first-order valence-electron chi connectivity index (χ1n) is 19.8. The molecular formula is C54H34N4. The number of benzene rings is 8. The molecule has 0 N–H and O–H groups in total. The molecule has 2 heterocycles. The van der Waals surface area contributed by atoms with Gasteiger partial charge in [-0.2, -0.15) is 0 Å². The molecule has 4 nitrogen and oxygen atoms in total. The quantitative estimate of drug-likeness (QED) is 0.177. The van der Waals surface area contributed by atoms with E-state index in [9.17, 15) is 0 Å². The van der Waals surface area contributed by atoms with E-state index < -0.39 is 5.41 Å². The Balaban J connectivity index is 1.06. The first-order chi connectivity index (χ1) is 28.8. The monoisotopic (exact) mass is 738 g/mol. The zero-order valence-corrected chi connectivity index (χ0v) is 31.4. The second-order valence-corrected chi connectivity index (χ2v) is 15.2. The molecule has 10 aromatic rings. The summed E-state index contributed by atoms with van der Waals surface area (Å²) in [4.78, 5) is 15.9. The van der Waals surface area contributed by atoms with Gasteiger partial charge in [0, 0.05) is 27.9 Å². The molecule has 0 unspecified atom stereocenters. The summed E-state index contributed by atoms with van der Waals surface area (Å²) in [5.41, 5.74) is 18.7. The van der Waals surface area contributed by atoms with Crippen LogP contribution in [0.15, 0.2) is 206 Å². The number of para-hydroxylation sites is 3. The predicted octanol–water partition coefficient (Wildman–Crippen LogP) is 12.8. The van der Waals surface area contributed by atoms with Crippen molar-refractivity contribution >= 4 is 11.0 Å². The van der Waals surface area contributed by atoms with Gasteiger partial charge in [-0.3, -0.25) is 4.57 Å². The van der Waals surface area contributed by atoms with Crippen LogP contribution in [0.2, 0.25) is 0 Å². The second kappa shape index (κ2) is 12.7. The van der Waals surface area contributed by atoms with E-state index in [2.05, 4.69) is 193 Å². The molecule has 0 amide bonds. The van der Waals surface area contributed by atoms with E-state index >= 15 is 0 Å². The van der Waals surface area contributed by atoms with Gasteiger partial charge >= 0.3 is 0 Å². The molecule has 8 aromatic carbocycles. The Labute approximate surface area is 336 Å². The molecule has 0 saturated heterocycles. The van der Waals surface area contributed by atoms with Crippen LogP contribution in [0.3, 0.4) is 0 Å². The topological polar surface area (TPSA) is 43.6 Å². The number of fused-ring (bicyclic) bond motifs is 11. The maximum absolute atomic E-state index is 5.40. The van der Waals surface area contributed by atoms with Gasteiger partial charge in [-0.25, -0.2) is 15.0 Å². The highest BCUT2D eigenvalue weighted by Gasteiger charge is 2.51. The summed E-state index contributed by atoms with van der Waals surface area (Å²) < 4.78 is 2.24. The Morgan fingerprint density at radius 1 is 0.345 bits per heavy atom. The molecule has 270 valence electrons. The Bertz CT molecular complexity index is 3170. The summed E-state index contributed by atoms with van der Waals surface area (Å²) in [6.07, 6.45) is 0. The van der Waals surface area contributed by atoms with Crippen molar-refractivity contribution in [3.05, 3.63) is 229 Å². The van der Waals surface area contributed by atoms with Crippen molar-refractivity contribution in [2.45, 2.75) is 5.41 Å². The van der Waals surface area contributed by atoms with E-state index in [0.717, 1.165) is 56.2 Å². The fourth-order valence-electron chi connectivity index (χ4n) is 9.59. The van der Waals surface area contributed by atoms with E-state index in [-0.39, 0.29) is 0 Å². The smallest absolute Gasteiger partial charge is 0.160 e. The molecule has 2 aliphatic carbocycles. The van der Waals surface area contributed by atoms with Crippen LogP contribution >= 0.6 is 0 Å². The molecule has 0 aliphatic heterocycles. The molecule has 2 aliphatic rings. The highest BCUT2D eigenvalue weighted by atomic mass is 15.1. The number of aromatic nitrogens is 4. The highest BCUT2D eigenvalue weighted by molar-refractivity contribution is 5.96. The van der Waals surface area contributed by atoms with Crippen LogP contribution in [-0.2, 0) is 5.41 Å². The molecule has 1 spiro atoms. The zero-order chi connectivity index (χ0) is 38.2. The molecule has 0 bridgehead atoms. The van der Waals surface area contributed by atoms with Crippen molar-refractivity contribution in [3.63, 3.8) is 0 Å². The number of rotatable bonds is 5. The van der Waals surface area contributed by atoms with Crippen molar-refractivity contribution in [1.82, 2.24) is 19.5 Å². The molecular weight excluding hydrogens is 705 g/mol. The maximum Gasteiger partial charge on any atom is 0.160 e. The lowest BCUT2D eigenvalue weighted by Crippen LogP contribution is -2.25. The normalized spacial score (nSPS) is 13.0. The van der Waals surface area contributed by atoms with E-state index in [1.165, 1.54) is 44.5 Å². The third-order valence-corrected chi connectivity index (χ3v) is 12.0. The van der Waals surface area contributed by atoms with Crippen LogP contribution < -0.4 is 0 Å². The van der Waals surface area contributed by atoms with Gasteiger partial charge in [0.25, 0.3) is 0 Å². The van der Waals surface area contributed by atoms with E-state index in [0.29, 0.717) is 5.82 Å². The molecule has 0 fully saturated rings. The number of hydrogen-bond donors (Lipinski definition) is 0. The first-order valence-corrected chi connectivity index (χ1v) is 19.8. The Hall–Kier alpha value is -7.69. The SMILES string of the molecule is c1ccc(-c2cc(-c3cccc(-c4nc5ccccc5n4-c4ccccc4)c3)nc(-c3ccc4c(c3)C3(c5ccccc5-c5ccccc53)c3ccccc3-4)n2)cc1. The van der Waals surface area contributed by atoms with E-state index in [1.807, 2.05) is 18.2 Å². The van der Waals surface area contributed by atoms with Crippen LogP contribution in [-0.4, -0.2) is 19.5 Å². The van der Waals surface area contributed by atoms with E-state index in [1.54, 1.807) is 0 Å². The van der Waals surface area contributed by atoms with Crippen LogP contribution in [0.5, 0.6) is 0 Å². The van der Waals surface area contributed by atoms with Crippen LogP contribution in [0, 0.1) is 0 Å². The number of imidazole rings is 1. The average Bonchev–Trinajstić information content (AvgIpc) is 3.94.